The van der Waals surface area contributed by atoms with Gasteiger partial charge in [0.05, 0.1) is 4.92 Å². The van der Waals surface area contributed by atoms with Gasteiger partial charge >= 0.3 is 5.97 Å². The summed E-state index contributed by atoms with van der Waals surface area (Å²) < 4.78 is 0. The molecule has 0 saturated carbocycles. The highest BCUT2D eigenvalue weighted by Gasteiger charge is 2.20. The topological polar surface area (TPSA) is 92.5 Å². The van der Waals surface area contributed by atoms with Crippen LogP contribution in [0, 0.1) is 10.1 Å². The van der Waals surface area contributed by atoms with Crippen LogP contribution < -0.4 is 5.32 Å². The predicted octanol–water partition coefficient (Wildman–Crippen LogP) is 2.85. The summed E-state index contributed by atoms with van der Waals surface area (Å²) in [6.07, 6.45) is 2.95. The molecule has 0 aliphatic carbocycles. The zero-order valence-electron chi connectivity index (χ0n) is 10.8. The molecule has 1 aromatic carbocycles. The molecule has 0 aromatic heterocycles. The highest BCUT2D eigenvalue weighted by atomic mass is 32.2. The van der Waals surface area contributed by atoms with E-state index in [4.69, 9.17) is 5.11 Å². The molecule has 1 aromatic rings. The Bertz CT molecular complexity index is 479. The lowest BCUT2D eigenvalue weighted by molar-refractivity contribution is -0.385. The second kappa shape index (κ2) is 6.98. The van der Waals surface area contributed by atoms with Crippen molar-refractivity contribution in [2.24, 2.45) is 0 Å². The Morgan fingerprint density at radius 3 is 2.79 bits per heavy atom. The van der Waals surface area contributed by atoms with E-state index in [1.54, 1.807) is 11.8 Å². The zero-order valence-corrected chi connectivity index (χ0v) is 11.6. The Balaban J connectivity index is 2.90. The monoisotopic (exact) mass is 284 g/mol. The Labute approximate surface area is 115 Å². The number of nitro groups is 1. The number of nitrogens with zero attached hydrogens (tertiary/aromatic N) is 1. The minimum atomic E-state index is -1.30. The Morgan fingerprint density at radius 2 is 2.26 bits per heavy atom. The number of hydrogen-bond donors (Lipinski definition) is 2. The van der Waals surface area contributed by atoms with Crippen molar-refractivity contribution in [2.75, 3.05) is 17.3 Å². The summed E-state index contributed by atoms with van der Waals surface area (Å²) in [4.78, 5) is 21.0. The average Bonchev–Trinajstić information content (AvgIpc) is 2.35. The molecule has 6 nitrogen and oxygen atoms in total. The van der Waals surface area contributed by atoms with E-state index >= 15 is 0 Å². The van der Waals surface area contributed by atoms with Crippen LogP contribution in [0.3, 0.4) is 0 Å². The first kappa shape index (κ1) is 15.3. The second-order valence-corrected chi connectivity index (χ2v) is 5.11. The van der Waals surface area contributed by atoms with Crippen molar-refractivity contribution in [1.29, 1.82) is 0 Å². The highest BCUT2D eigenvalue weighted by Crippen LogP contribution is 2.23. The highest BCUT2D eigenvalue weighted by molar-refractivity contribution is 7.98. The quantitative estimate of drug-likeness (QED) is 0.591. The van der Waals surface area contributed by atoms with E-state index in [0.29, 0.717) is 5.69 Å². The molecule has 0 aliphatic rings. The maximum atomic E-state index is 11.0. The van der Waals surface area contributed by atoms with Crippen molar-refractivity contribution >= 4 is 29.1 Å². The molecule has 0 aliphatic heterocycles. The van der Waals surface area contributed by atoms with Crippen LogP contribution in [0.5, 0.6) is 0 Å². The molecule has 0 radical (unpaired) electrons. The molecular weight excluding hydrogens is 268 g/mol. The summed E-state index contributed by atoms with van der Waals surface area (Å²) in [7, 11) is 0. The third-order valence-corrected chi connectivity index (χ3v) is 3.24. The summed E-state index contributed by atoms with van der Waals surface area (Å²) in [5.41, 5.74) is -0.113. The van der Waals surface area contributed by atoms with Gasteiger partial charge in [-0.05, 0) is 37.5 Å². The van der Waals surface area contributed by atoms with Crippen LogP contribution in [0.15, 0.2) is 18.2 Å². The fourth-order valence-electron chi connectivity index (χ4n) is 1.61. The molecule has 19 heavy (non-hydrogen) atoms. The molecule has 104 valence electrons. The van der Waals surface area contributed by atoms with E-state index in [-0.39, 0.29) is 11.6 Å². The van der Waals surface area contributed by atoms with Gasteiger partial charge in [0.15, 0.2) is 0 Å². The number of benzene rings is 1. The molecule has 0 bridgehead atoms. The van der Waals surface area contributed by atoms with Gasteiger partial charge in [0.1, 0.15) is 5.56 Å². The first-order chi connectivity index (χ1) is 8.95. The minimum absolute atomic E-state index is 0.176. The molecule has 0 spiro atoms. The Hall–Kier alpha value is -1.76. The zero-order chi connectivity index (χ0) is 14.4. The fraction of sp³-hybridized carbons (Fsp3) is 0.417. The number of nitro benzene ring substituents is 1. The number of carboxylic acid groups (broad SMARTS) is 1. The van der Waals surface area contributed by atoms with Gasteiger partial charge in [-0.15, -0.1) is 0 Å². The van der Waals surface area contributed by atoms with Crippen LogP contribution in [-0.2, 0) is 0 Å². The summed E-state index contributed by atoms with van der Waals surface area (Å²) in [5.74, 6) is -0.306. The van der Waals surface area contributed by atoms with Gasteiger partial charge < -0.3 is 10.4 Å². The van der Waals surface area contributed by atoms with Crippen LogP contribution in [-0.4, -0.2) is 34.0 Å². The van der Waals surface area contributed by atoms with E-state index in [0.717, 1.165) is 12.2 Å². The number of carboxylic acids is 1. The summed E-state index contributed by atoms with van der Waals surface area (Å²) in [5, 5.41) is 22.8. The lowest BCUT2D eigenvalue weighted by atomic mass is 10.1. The van der Waals surface area contributed by atoms with Crippen molar-refractivity contribution in [2.45, 2.75) is 19.4 Å². The van der Waals surface area contributed by atoms with Crippen LogP contribution >= 0.6 is 11.8 Å². The largest absolute Gasteiger partial charge is 0.477 e. The number of rotatable bonds is 7. The molecule has 1 atom stereocenters. The number of nitrogens with one attached hydrogen (secondary N) is 1. The first-order valence-corrected chi connectivity index (χ1v) is 7.12. The van der Waals surface area contributed by atoms with E-state index in [9.17, 15) is 14.9 Å². The summed E-state index contributed by atoms with van der Waals surface area (Å²) in [6.45, 7) is 1.98. The smallest absolute Gasteiger partial charge is 0.342 e. The number of thioether (sulfide) groups is 1. The van der Waals surface area contributed by atoms with Crippen LogP contribution in [0.25, 0.3) is 0 Å². The van der Waals surface area contributed by atoms with Crippen molar-refractivity contribution in [1.82, 2.24) is 0 Å². The second-order valence-electron chi connectivity index (χ2n) is 4.12. The lowest BCUT2D eigenvalue weighted by Crippen LogP contribution is -2.16. The SMILES string of the molecule is CSCCC(C)Nc1ccc([N+](=O)[O-])c(C(=O)O)c1. The maximum absolute atomic E-state index is 11.0. The van der Waals surface area contributed by atoms with Crippen LogP contribution in [0.2, 0.25) is 0 Å². The molecule has 1 rings (SSSR count). The van der Waals surface area contributed by atoms with Gasteiger partial charge in [0.25, 0.3) is 5.69 Å². The molecule has 0 amide bonds. The number of hydrogen-bond acceptors (Lipinski definition) is 5. The lowest BCUT2D eigenvalue weighted by Gasteiger charge is -2.15. The van der Waals surface area contributed by atoms with E-state index < -0.39 is 16.6 Å². The third kappa shape index (κ3) is 4.44. The standard InChI is InChI=1S/C12H16N2O4S/c1-8(5-6-19-2)13-9-3-4-11(14(17)18)10(7-9)12(15)16/h3-4,7-8,13H,5-6H2,1-2H3,(H,15,16). The van der Waals surface area contributed by atoms with Gasteiger partial charge in [-0.2, -0.15) is 11.8 Å². The predicted molar refractivity (Wildman–Crippen MR) is 76.1 cm³/mol. The minimum Gasteiger partial charge on any atom is -0.477 e. The normalized spacial score (nSPS) is 11.9. The van der Waals surface area contributed by atoms with Gasteiger partial charge in [-0.1, -0.05) is 0 Å². The molecule has 2 N–H and O–H groups in total. The number of carbonyl (C=O) groups is 1. The van der Waals surface area contributed by atoms with E-state index in [1.807, 2.05) is 13.2 Å². The van der Waals surface area contributed by atoms with Gasteiger partial charge in [-0.3, -0.25) is 10.1 Å². The van der Waals surface area contributed by atoms with E-state index in [1.165, 1.54) is 18.2 Å². The Morgan fingerprint density at radius 1 is 1.58 bits per heavy atom. The molecule has 0 heterocycles. The van der Waals surface area contributed by atoms with Crippen LogP contribution in [0.1, 0.15) is 23.7 Å². The average molecular weight is 284 g/mol. The fourth-order valence-corrected chi connectivity index (χ4v) is 2.20. The Kier molecular flexibility index (Phi) is 5.62. The first-order valence-electron chi connectivity index (χ1n) is 5.73. The molecular formula is C12H16N2O4S. The van der Waals surface area contributed by atoms with Gasteiger partial charge in [-0.25, -0.2) is 4.79 Å². The van der Waals surface area contributed by atoms with Crippen molar-refractivity contribution in [3.63, 3.8) is 0 Å². The molecule has 0 fully saturated rings. The summed E-state index contributed by atoms with van der Waals surface area (Å²) in [6, 6.07) is 4.22. The molecule has 0 saturated heterocycles. The number of anilines is 1. The number of aromatic carboxylic acids is 1. The molecule has 1 unspecified atom stereocenters. The van der Waals surface area contributed by atoms with Gasteiger partial charge in [0.2, 0.25) is 0 Å². The van der Waals surface area contributed by atoms with Crippen molar-refractivity contribution < 1.29 is 14.8 Å². The van der Waals surface area contributed by atoms with Crippen molar-refractivity contribution in [3.8, 4) is 0 Å². The third-order valence-electron chi connectivity index (χ3n) is 2.59. The molecule has 7 heteroatoms. The van der Waals surface area contributed by atoms with E-state index in [2.05, 4.69) is 5.32 Å². The van der Waals surface area contributed by atoms with Crippen LogP contribution in [0.4, 0.5) is 11.4 Å². The van der Waals surface area contributed by atoms with Crippen molar-refractivity contribution in [3.05, 3.63) is 33.9 Å². The summed E-state index contributed by atoms with van der Waals surface area (Å²) >= 11 is 1.73. The van der Waals surface area contributed by atoms with Gasteiger partial charge in [0, 0.05) is 17.8 Å². The maximum Gasteiger partial charge on any atom is 0.342 e.